The number of hydrogen-bond donors (Lipinski definition) is 1. The van der Waals surface area contributed by atoms with Gasteiger partial charge in [-0.3, -0.25) is 0 Å². The number of hydrogen-bond acceptors (Lipinski definition) is 3. The average molecular weight is 191 g/mol. The fourth-order valence-corrected chi connectivity index (χ4v) is 1.43. The van der Waals surface area contributed by atoms with Crippen LogP contribution in [0.3, 0.4) is 0 Å². The molecule has 0 saturated heterocycles. The molecule has 1 N–H and O–H groups in total. The van der Waals surface area contributed by atoms with E-state index in [4.69, 9.17) is 0 Å². The molecule has 1 aliphatic carbocycles. The number of nitrogens with one attached hydrogen (secondary N) is 1. The topological polar surface area (TPSA) is 37.8 Å². The second-order valence-electron chi connectivity index (χ2n) is 4.22. The molecule has 0 amide bonds. The molecular weight excluding hydrogens is 174 g/mol. The van der Waals surface area contributed by atoms with Gasteiger partial charge in [-0.05, 0) is 18.8 Å². The minimum Gasteiger partial charge on any atom is -0.373 e. The summed E-state index contributed by atoms with van der Waals surface area (Å²) >= 11 is 0. The van der Waals surface area contributed by atoms with Crippen molar-refractivity contribution < 1.29 is 0 Å². The van der Waals surface area contributed by atoms with Gasteiger partial charge in [0.25, 0.3) is 0 Å². The summed E-state index contributed by atoms with van der Waals surface area (Å²) < 4.78 is 0. The van der Waals surface area contributed by atoms with Crippen LogP contribution in [0.15, 0.2) is 6.07 Å². The van der Waals surface area contributed by atoms with Gasteiger partial charge in [0, 0.05) is 24.7 Å². The van der Waals surface area contributed by atoms with Gasteiger partial charge in [0.2, 0.25) is 0 Å². The van der Waals surface area contributed by atoms with E-state index < -0.39 is 0 Å². The van der Waals surface area contributed by atoms with Crippen molar-refractivity contribution in [2.24, 2.45) is 0 Å². The van der Waals surface area contributed by atoms with Crippen LogP contribution in [0.5, 0.6) is 0 Å². The summed E-state index contributed by atoms with van der Waals surface area (Å²) in [5.41, 5.74) is 1.14. The molecule has 0 aliphatic heterocycles. The highest BCUT2D eigenvalue weighted by Gasteiger charge is 2.27. The quantitative estimate of drug-likeness (QED) is 0.797. The van der Waals surface area contributed by atoms with E-state index >= 15 is 0 Å². The molecule has 2 rings (SSSR count). The lowest BCUT2D eigenvalue weighted by Gasteiger charge is -2.09. The van der Waals surface area contributed by atoms with Crippen LogP contribution in [-0.2, 0) is 0 Å². The Morgan fingerprint density at radius 1 is 1.36 bits per heavy atom. The van der Waals surface area contributed by atoms with E-state index in [1.165, 1.54) is 12.8 Å². The maximum absolute atomic E-state index is 4.59. The van der Waals surface area contributed by atoms with Crippen LogP contribution in [-0.4, -0.2) is 17.0 Å². The van der Waals surface area contributed by atoms with Crippen LogP contribution in [0.1, 0.15) is 50.0 Å². The highest BCUT2D eigenvalue weighted by atomic mass is 15.0. The zero-order chi connectivity index (χ0) is 10.1. The maximum atomic E-state index is 4.59. The molecule has 1 aromatic rings. The lowest BCUT2D eigenvalue weighted by Crippen LogP contribution is -2.03. The molecule has 76 valence electrons. The Labute approximate surface area is 85.0 Å². The molecule has 1 aliphatic rings. The van der Waals surface area contributed by atoms with Gasteiger partial charge in [-0.1, -0.05) is 13.8 Å². The van der Waals surface area contributed by atoms with Crippen LogP contribution in [0.25, 0.3) is 0 Å². The molecule has 1 fully saturated rings. The summed E-state index contributed by atoms with van der Waals surface area (Å²) in [7, 11) is 1.91. The number of aromatic nitrogens is 2. The molecule has 0 radical (unpaired) electrons. The molecule has 0 unspecified atom stereocenters. The van der Waals surface area contributed by atoms with Gasteiger partial charge in [0.15, 0.2) is 0 Å². The van der Waals surface area contributed by atoms with E-state index in [9.17, 15) is 0 Å². The van der Waals surface area contributed by atoms with Gasteiger partial charge in [0.05, 0.1) is 0 Å². The summed E-state index contributed by atoms with van der Waals surface area (Å²) in [4.78, 5) is 9.07. The van der Waals surface area contributed by atoms with Crippen molar-refractivity contribution >= 4 is 5.82 Å². The minimum absolute atomic E-state index is 0.475. The van der Waals surface area contributed by atoms with Crippen molar-refractivity contribution in [1.82, 2.24) is 9.97 Å². The summed E-state index contributed by atoms with van der Waals surface area (Å²) in [6.45, 7) is 4.33. The van der Waals surface area contributed by atoms with Gasteiger partial charge in [-0.15, -0.1) is 0 Å². The third-order valence-electron chi connectivity index (χ3n) is 2.55. The fourth-order valence-electron chi connectivity index (χ4n) is 1.43. The van der Waals surface area contributed by atoms with Crippen LogP contribution >= 0.6 is 0 Å². The highest BCUT2D eigenvalue weighted by Crippen LogP contribution is 2.38. The van der Waals surface area contributed by atoms with Crippen LogP contribution in [0, 0.1) is 0 Å². The first-order chi connectivity index (χ1) is 6.70. The minimum atomic E-state index is 0.475. The molecule has 1 aromatic heterocycles. The van der Waals surface area contributed by atoms with Crippen molar-refractivity contribution in [2.75, 3.05) is 12.4 Å². The van der Waals surface area contributed by atoms with Crippen LogP contribution in [0.4, 0.5) is 5.82 Å². The van der Waals surface area contributed by atoms with Crippen molar-refractivity contribution in [3.05, 3.63) is 17.6 Å². The molecule has 3 heteroatoms. The summed E-state index contributed by atoms with van der Waals surface area (Å²) in [6, 6.07) is 2.04. The molecule has 1 saturated carbocycles. The Kier molecular flexibility index (Phi) is 2.40. The number of nitrogens with zero attached hydrogens (tertiary/aromatic N) is 2. The predicted molar refractivity (Wildman–Crippen MR) is 57.6 cm³/mol. The van der Waals surface area contributed by atoms with Crippen LogP contribution in [0.2, 0.25) is 0 Å². The number of rotatable bonds is 3. The van der Waals surface area contributed by atoms with Crippen molar-refractivity contribution in [1.29, 1.82) is 0 Å². The summed E-state index contributed by atoms with van der Waals surface area (Å²) in [5.74, 6) is 3.08. The first-order valence-electron chi connectivity index (χ1n) is 5.27. The second-order valence-corrected chi connectivity index (χ2v) is 4.22. The van der Waals surface area contributed by atoms with E-state index in [1.54, 1.807) is 0 Å². The fraction of sp³-hybridized carbons (Fsp3) is 0.636. The predicted octanol–water partition coefficient (Wildman–Crippen LogP) is 2.52. The van der Waals surface area contributed by atoms with Gasteiger partial charge in [-0.25, -0.2) is 9.97 Å². The van der Waals surface area contributed by atoms with Crippen molar-refractivity contribution in [2.45, 2.75) is 38.5 Å². The Hall–Kier alpha value is -1.12. The zero-order valence-corrected chi connectivity index (χ0v) is 9.04. The summed E-state index contributed by atoms with van der Waals surface area (Å²) in [6.07, 6.45) is 2.51. The second kappa shape index (κ2) is 3.56. The molecule has 1 heterocycles. The van der Waals surface area contributed by atoms with E-state index in [2.05, 4.69) is 29.1 Å². The third-order valence-corrected chi connectivity index (χ3v) is 2.55. The summed E-state index contributed by atoms with van der Waals surface area (Å²) in [5, 5.41) is 3.09. The average Bonchev–Trinajstić information content (AvgIpc) is 3.00. The molecule has 14 heavy (non-hydrogen) atoms. The van der Waals surface area contributed by atoms with E-state index in [0.717, 1.165) is 17.3 Å². The van der Waals surface area contributed by atoms with E-state index in [0.29, 0.717) is 11.8 Å². The first-order valence-corrected chi connectivity index (χ1v) is 5.27. The molecule has 0 spiro atoms. The van der Waals surface area contributed by atoms with E-state index in [-0.39, 0.29) is 0 Å². The Bertz CT molecular complexity index is 309. The molecule has 0 bridgehead atoms. The smallest absolute Gasteiger partial charge is 0.134 e. The zero-order valence-electron chi connectivity index (χ0n) is 9.04. The molecule has 0 atom stereocenters. The van der Waals surface area contributed by atoms with Gasteiger partial charge in [0.1, 0.15) is 11.6 Å². The van der Waals surface area contributed by atoms with Crippen molar-refractivity contribution in [3.8, 4) is 0 Å². The molecular formula is C11H17N3. The molecule has 3 nitrogen and oxygen atoms in total. The standard InChI is InChI=1S/C11H17N3/c1-7(2)9-6-10(12-3)14-11(13-9)8-4-5-8/h6-8H,4-5H2,1-3H3,(H,12,13,14). The monoisotopic (exact) mass is 191 g/mol. The Morgan fingerprint density at radius 2 is 2.07 bits per heavy atom. The van der Waals surface area contributed by atoms with Gasteiger partial charge < -0.3 is 5.32 Å². The lowest BCUT2D eigenvalue weighted by atomic mass is 10.1. The Balaban J connectivity index is 2.35. The first kappa shape index (κ1) is 9.44. The highest BCUT2D eigenvalue weighted by molar-refractivity contribution is 5.37. The SMILES string of the molecule is CNc1cc(C(C)C)nc(C2CC2)n1. The van der Waals surface area contributed by atoms with Crippen LogP contribution < -0.4 is 5.32 Å². The largest absolute Gasteiger partial charge is 0.373 e. The number of anilines is 1. The normalized spacial score (nSPS) is 16.0. The third kappa shape index (κ3) is 1.86. The van der Waals surface area contributed by atoms with Gasteiger partial charge >= 0.3 is 0 Å². The van der Waals surface area contributed by atoms with Gasteiger partial charge in [-0.2, -0.15) is 0 Å². The Morgan fingerprint density at radius 3 is 2.57 bits per heavy atom. The van der Waals surface area contributed by atoms with Crippen molar-refractivity contribution in [3.63, 3.8) is 0 Å². The lowest BCUT2D eigenvalue weighted by molar-refractivity contribution is 0.785. The maximum Gasteiger partial charge on any atom is 0.134 e. The van der Waals surface area contributed by atoms with E-state index in [1.807, 2.05) is 13.1 Å². The molecule has 0 aromatic carbocycles.